The maximum absolute atomic E-state index is 13.3. The minimum atomic E-state index is -0.640. The van der Waals surface area contributed by atoms with E-state index in [9.17, 15) is 9.59 Å². The third-order valence-corrected chi connectivity index (χ3v) is 5.62. The van der Waals surface area contributed by atoms with Gasteiger partial charge >= 0.3 is 0 Å². The summed E-state index contributed by atoms with van der Waals surface area (Å²) in [4.78, 5) is 27.9. The van der Waals surface area contributed by atoms with Gasteiger partial charge in [0.2, 0.25) is 11.8 Å². The van der Waals surface area contributed by atoms with E-state index >= 15 is 0 Å². The molecule has 0 saturated carbocycles. The summed E-state index contributed by atoms with van der Waals surface area (Å²) >= 11 is 0. The van der Waals surface area contributed by atoms with E-state index in [-0.39, 0.29) is 11.8 Å². The average molecular weight is 405 g/mol. The molecule has 0 bridgehead atoms. The highest BCUT2D eigenvalue weighted by atomic mass is 16.2. The van der Waals surface area contributed by atoms with Gasteiger partial charge in [0.1, 0.15) is 6.04 Å². The van der Waals surface area contributed by atoms with Gasteiger partial charge in [0, 0.05) is 19.5 Å². The molecule has 0 fully saturated rings. The molecule has 1 N–H and O–H groups in total. The Bertz CT molecular complexity index is 846. The molecule has 0 saturated heterocycles. The van der Waals surface area contributed by atoms with Crippen molar-refractivity contribution in [3.8, 4) is 0 Å². The molecule has 0 radical (unpaired) electrons. The summed E-state index contributed by atoms with van der Waals surface area (Å²) in [5.74, 6) is -0.145. The molecule has 0 spiro atoms. The van der Waals surface area contributed by atoms with Crippen molar-refractivity contribution in [3.05, 3.63) is 83.4 Å². The van der Waals surface area contributed by atoms with Crippen molar-refractivity contribution >= 4 is 11.8 Å². The van der Waals surface area contributed by atoms with Crippen LogP contribution in [-0.2, 0) is 16.1 Å². The van der Waals surface area contributed by atoms with Crippen LogP contribution in [0.2, 0.25) is 0 Å². The minimum Gasteiger partial charge on any atom is -0.354 e. The zero-order valence-electron chi connectivity index (χ0n) is 17.8. The zero-order valence-corrected chi connectivity index (χ0v) is 17.8. The number of nitrogens with zero attached hydrogens (tertiary/aromatic N) is 1. The summed E-state index contributed by atoms with van der Waals surface area (Å²) in [5.41, 5.74) is 3.29. The lowest BCUT2D eigenvalue weighted by molar-refractivity contribution is -0.141. The predicted octanol–water partition coefficient (Wildman–Crippen LogP) is 5.17. The summed E-state index contributed by atoms with van der Waals surface area (Å²) in [6.45, 7) is 2.86. The molecule has 30 heavy (non-hydrogen) atoms. The average Bonchev–Trinajstić information content (AvgIpc) is 2.80. The van der Waals surface area contributed by atoms with E-state index < -0.39 is 6.04 Å². The topological polar surface area (TPSA) is 49.4 Å². The number of carbonyl (C=O) groups excluding carboxylic acids is 2. The van der Waals surface area contributed by atoms with E-state index in [1.807, 2.05) is 67.6 Å². The van der Waals surface area contributed by atoms with Crippen molar-refractivity contribution in [3.63, 3.8) is 0 Å². The standard InChI is InChI=1S/C26H32N2O2/c1-2-24(29)28(20-22-14-8-4-9-15-22)25(23-16-10-5-11-17-23)26(30)27-19-18-21-12-6-3-7-13-21/h4-5,8-12,14-17,25H,2-3,6-7,13,18-20H2,1H3,(H,27,30)/t25-/m0/s1. The summed E-state index contributed by atoms with van der Waals surface area (Å²) < 4.78 is 0. The Labute approximate surface area is 180 Å². The molecule has 4 nitrogen and oxygen atoms in total. The summed E-state index contributed by atoms with van der Waals surface area (Å²) in [6.07, 6.45) is 8.33. The quantitative estimate of drug-likeness (QED) is 0.586. The molecule has 1 aliphatic rings. The van der Waals surface area contributed by atoms with Crippen LogP contribution in [0, 0.1) is 0 Å². The SMILES string of the molecule is CCC(=O)N(Cc1ccccc1)[C@H](C(=O)NCCC1=CCCCC1)c1ccccc1. The van der Waals surface area contributed by atoms with Crippen LogP contribution in [0.5, 0.6) is 0 Å². The van der Waals surface area contributed by atoms with E-state index in [1.165, 1.54) is 18.4 Å². The van der Waals surface area contributed by atoms with Crippen LogP contribution in [0.15, 0.2) is 72.3 Å². The van der Waals surface area contributed by atoms with Gasteiger partial charge in [-0.3, -0.25) is 9.59 Å². The fourth-order valence-electron chi connectivity index (χ4n) is 3.99. The first kappa shape index (κ1) is 21.8. The molecule has 0 unspecified atom stereocenters. The number of allylic oxidation sites excluding steroid dienone is 1. The first-order chi connectivity index (χ1) is 14.7. The van der Waals surface area contributed by atoms with Crippen LogP contribution in [0.1, 0.15) is 62.6 Å². The first-order valence-electron chi connectivity index (χ1n) is 11.0. The number of hydrogen-bond acceptors (Lipinski definition) is 2. The van der Waals surface area contributed by atoms with Crippen LogP contribution in [0.25, 0.3) is 0 Å². The fourth-order valence-corrected chi connectivity index (χ4v) is 3.99. The highest BCUT2D eigenvalue weighted by Gasteiger charge is 2.30. The van der Waals surface area contributed by atoms with Gasteiger partial charge in [-0.2, -0.15) is 0 Å². The van der Waals surface area contributed by atoms with Crippen molar-refractivity contribution < 1.29 is 9.59 Å². The third kappa shape index (κ3) is 6.06. The second-order valence-electron chi connectivity index (χ2n) is 7.82. The Morgan fingerprint density at radius 3 is 2.33 bits per heavy atom. The Kier molecular flexibility index (Phi) is 8.25. The van der Waals surface area contributed by atoms with Crippen LogP contribution in [-0.4, -0.2) is 23.3 Å². The second kappa shape index (κ2) is 11.3. The first-order valence-corrected chi connectivity index (χ1v) is 11.0. The van der Waals surface area contributed by atoms with E-state index in [4.69, 9.17) is 0 Å². The fraction of sp³-hybridized carbons (Fsp3) is 0.385. The lowest BCUT2D eigenvalue weighted by Gasteiger charge is -2.31. The smallest absolute Gasteiger partial charge is 0.247 e. The number of carbonyl (C=O) groups is 2. The van der Waals surface area contributed by atoms with Crippen molar-refractivity contribution in [1.82, 2.24) is 10.2 Å². The van der Waals surface area contributed by atoms with E-state index in [0.717, 1.165) is 30.4 Å². The van der Waals surface area contributed by atoms with Gasteiger partial charge in [-0.05, 0) is 43.2 Å². The van der Waals surface area contributed by atoms with Gasteiger partial charge in [-0.25, -0.2) is 0 Å². The molecule has 1 aliphatic carbocycles. The van der Waals surface area contributed by atoms with Crippen LogP contribution >= 0.6 is 0 Å². The summed E-state index contributed by atoms with van der Waals surface area (Å²) in [6, 6.07) is 18.8. The molecule has 1 atom stereocenters. The normalized spacial score (nSPS) is 14.5. The summed E-state index contributed by atoms with van der Waals surface area (Å²) in [5, 5.41) is 3.10. The van der Waals surface area contributed by atoms with Crippen LogP contribution in [0.4, 0.5) is 0 Å². The molecule has 0 heterocycles. The lowest BCUT2D eigenvalue weighted by atomic mass is 9.97. The molecule has 2 aromatic rings. The lowest BCUT2D eigenvalue weighted by Crippen LogP contribution is -2.43. The van der Waals surface area contributed by atoms with E-state index in [0.29, 0.717) is 19.5 Å². The maximum atomic E-state index is 13.3. The van der Waals surface area contributed by atoms with Crippen LogP contribution < -0.4 is 5.32 Å². The zero-order chi connectivity index (χ0) is 21.2. The molecular weight excluding hydrogens is 372 g/mol. The van der Waals surface area contributed by atoms with Gasteiger partial charge in [0.05, 0.1) is 0 Å². The highest BCUT2D eigenvalue weighted by Crippen LogP contribution is 2.25. The minimum absolute atomic E-state index is 0.0298. The number of rotatable bonds is 9. The van der Waals surface area contributed by atoms with E-state index in [1.54, 1.807) is 4.90 Å². The summed E-state index contributed by atoms with van der Waals surface area (Å²) in [7, 11) is 0. The van der Waals surface area contributed by atoms with Gasteiger partial charge in [-0.1, -0.05) is 79.2 Å². The van der Waals surface area contributed by atoms with Crippen LogP contribution in [0.3, 0.4) is 0 Å². The third-order valence-electron chi connectivity index (χ3n) is 5.62. The monoisotopic (exact) mass is 404 g/mol. The Morgan fingerprint density at radius 1 is 1.00 bits per heavy atom. The number of nitrogens with one attached hydrogen (secondary N) is 1. The largest absolute Gasteiger partial charge is 0.354 e. The van der Waals surface area contributed by atoms with Crippen molar-refractivity contribution in [2.24, 2.45) is 0 Å². The van der Waals surface area contributed by atoms with Gasteiger partial charge in [-0.15, -0.1) is 0 Å². The molecule has 2 amide bonds. The Balaban J connectivity index is 1.79. The Morgan fingerprint density at radius 2 is 1.70 bits per heavy atom. The molecule has 2 aromatic carbocycles. The molecule has 158 valence electrons. The Hall–Kier alpha value is -2.88. The number of benzene rings is 2. The van der Waals surface area contributed by atoms with Gasteiger partial charge in [0.15, 0.2) is 0 Å². The molecule has 4 heteroatoms. The second-order valence-corrected chi connectivity index (χ2v) is 7.82. The number of amides is 2. The predicted molar refractivity (Wildman–Crippen MR) is 121 cm³/mol. The van der Waals surface area contributed by atoms with Crippen molar-refractivity contribution in [2.45, 2.75) is 58.0 Å². The van der Waals surface area contributed by atoms with Gasteiger partial charge < -0.3 is 10.2 Å². The molecule has 0 aromatic heterocycles. The van der Waals surface area contributed by atoms with Crippen molar-refractivity contribution in [2.75, 3.05) is 6.54 Å². The molecule has 3 rings (SSSR count). The van der Waals surface area contributed by atoms with Crippen molar-refractivity contribution in [1.29, 1.82) is 0 Å². The molecule has 0 aliphatic heterocycles. The van der Waals surface area contributed by atoms with E-state index in [2.05, 4.69) is 11.4 Å². The highest BCUT2D eigenvalue weighted by molar-refractivity contribution is 5.88. The molecular formula is C26H32N2O2. The number of hydrogen-bond donors (Lipinski definition) is 1. The maximum Gasteiger partial charge on any atom is 0.247 e. The van der Waals surface area contributed by atoms with Gasteiger partial charge in [0.25, 0.3) is 0 Å².